The molecule has 0 saturated carbocycles. The summed E-state index contributed by atoms with van der Waals surface area (Å²) in [4.78, 5) is 20.2. The maximum absolute atomic E-state index is 13.3. The molecule has 1 aliphatic rings. The van der Waals surface area contributed by atoms with Crippen molar-refractivity contribution in [1.82, 2.24) is 9.97 Å². The van der Waals surface area contributed by atoms with E-state index in [4.69, 9.17) is 16.7 Å². The molecule has 2 heterocycles. The summed E-state index contributed by atoms with van der Waals surface area (Å²) in [5, 5.41) is 9.08. The van der Waals surface area contributed by atoms with Gasteiger partial charge in [0.05, 0.1) is 6.20 Å². The molecule has 1 N–H and O–H groups in total. The fraction of sp³-hybridized carbons (Fsp3) is 0.545. The van der Waals surface area contributed by atoms with Crippen molar-refractivity contribution in [3.63, 3.8) is 0 Å². The smallest absolute Gasteiger partial charge is 0.358 e. The van der Waals surface area contributed by atoms with Crippen LogP contribution >= 0.6 is 11.6 Å². The average Bonchev–Trinajstić information content (AvgIpc) is 2.49. The van der Waals surface area contributed by atoms with Crippen LogP contribution in [0.15, 0.2) is 6.20 Å². The van der Waals surface area contributed by atoms with Gasteiger partial charge in [-0.2, -0.15) is 0 Å². The van der Waals surface area contributed by atoms with Gasteiger partial charge >= 0.3 is 5.97 Å². The number of anilines is 1. The number of aromatic carboxylic acids is 1. The second kappa shape index (κ2) is 5.24. The number of carbonyl (C=O) groups is 1. The highest BCUT2D eigenvalue weighted by molar-refractivity contribution is 6.29. The normalized spacial score (nSPS) is 19.0. The lowest BCUT2D eigenvalue weighted by Crippen LogP contribution is -2.29. The molecule has 0 atom stereocenters. The molecule has 19 heavy (non-hydrogen) atoms. The summed E-state index contributed by atoms with van der Waals surface area (Å²) in [6, 6.07) is 0. The standard InChI is InChI=1S/C11H12ClF2N3O2/c12-7-6-15-8(10(18)19)9(16-7)17-4-1-2-11(13,14)3-5-17/h6H,1-5H2,(H,18,19). The van der Waals surface area contributed by atoms with Crippen LogP contribution in [-0.4, -0.2) is 40.1 Å². The Labute approximate surface area is 113 Å². The largest absolute Gasteiger partial charge is 0.476 e. The van der Waals surface area contributed by atoms with Crippen LogP contribution in [0, 0.1) is 0 Å². The van der Waals surface area contributed by atoms with Crippen molar-refractivity contribution in [2.75, 3.05) is 18.0 Å². The number of halogens is 3. The van der Waals surface area contributed by atoms with Crippen molar-refractivity contribution < 1.29 is 18.7 Å². The first kappa shape index (κ1) is 13.9. The first-order valence-electron chi connectivity index (χ1n) is 5.78. The van der Waals surface area contributed by atoms with Gasteiger partial charge in [0, 0.05) is 25.9 Å². The maximum atomic E-state index is 13.3. The molecule has 1 aliphatic heterocycles. The van der Waals surface area contributed by atoms with E-state index in [1.807, 2.05) is 0 Å². The third-order valence-corrected chi connectivity index (χ3v) is 3.13. The predicted molar refractivity (Wildman–Crippen MR) is 65.0 cm³/mol. The minimum atomic E-state index is -2.72. The van der Waals surface area contributed by atoms with Crippen molar-refractivity contribution in [2.45, 2.75) is 25.2 Å². The van der Waals surface area contributed by atoms with Gasteiger partial charge in [0.25, 0.3) is 0 Å². The summed E-state index contributed by atoms with van der Waals surface area (Å²) in [6.45, 7) is 0.340. The van der Waals surface area contributed by atoms with Crippen LogP contribution in [0.4, 0.5) is 14.6 Å². The van der Waals surface area contributed by atoms with Crippen LogP contribution in [0.1, 0.15) is 29.8 Å². The van der Waals surface area contributed by atoms with E-state index in [0.29, 0.717) is 6.54 Å². The Kier molecular flexibility index (Phi) is 3.84. The van der Waals surface area contributed by atoms with Gasteiger partial charge in [-0.1, -0.05) is 11.6 Å². The zero-order valence-electron chi connectivity index (χ0n) is 9.94. The summed E-state index contributed by atoms with van der Waals surface area (Å²) in [6.07, 6.45) is 0.849. The molecule has 0 amide bonds. The Morgan fingerprint density at radius 2 is 2.16 bits per heavy atom. The highest BCUT2D eigenvalue weighted by Crippen LogP contribution is 2.30. The number of alkyl halides is 2. The Morgan fingerprint density at radius 3 is 2.84 bits per heavy atom. The second-order valence-electron chi connectivity index (χ2n) is 4.37. The van der Waals surface area contributed by atoms with Crippen molar-refractivity contribution in [3.8, 4) is 0 Å². The summed E-state index contributed by atoms with van der Waals surface area (Å²) in [5.74, 6) is -3.92. The Morgan fingerprint density at radius 1 is 1.42 bits per heavy atom. The zero-order valence-corrected chi connectivity index (χ0v) is 10.7. The minimum absolute atomic E-state index is 0.0301. The summed E-state index contributed by atoms with van der Waals surface area (Å²) in [5.41, 5.74) is -0.269. The van der Waals surface area contributed by atoms with Crippen molar-refractivity contribution in [2.24, 2.45) is 0 Å². The lowest BCUT2D eigenvalue weighted by Gasteiger charge is -2.22. The van der Waals surface area contributed by atoms with Crippen LogP contribution in [0.5, 0.6) is 0 Å². The van der Waals surface area contributed by atoms with Crippen LogP contribution in [-0.2, 0) is 0 Å². The van der Waals surface area contributed by atoms with Gasteiger partial charge in [-0.15, -0.1) is 0 Å². The van der Waals surface area contributed by atoms with Crippen molar-refractivity contribution in [3.05, 3.63) is 17.0 Å². The number of carboxylic acids is 1. The molecule has 0 radical (unpaired) electrons. The highest BCUT2D eigenvalue weighted by Gasteiger charge is 2.33. The van der Waals surface area contributed by atoms with Crippen molar-refractivity contribution in [1.29, 1.82) is 0 Å². The van der Waals surface area contributed by atoms with Gasteiger partial charge in [-0.25, -0.2) is 23.5 Å². The summed E-state index contributed by atoms with van der Waals surface area (Å²) in [7, 11) is 0. The molecule has 1 fully saturated rings. The van der Waals surface area contributed by atoms with E-state index in [2.05, 4.69) is 9.97 Å². The Balaban J connectivity index is 2.30. The number of nitrogens with zero attached hydrogens (tertiary/aromatic N) is 3. The zero-order chi connectivity index (χ0) is 14.0. The number of carboxylic acid groups (broad SMARTS) is 1. The molecule has 0 spiro atoms. The highest BCUT2D eigenvalue weighted by atomic mass is 35.5. The third kappa shape index (κ3) is 3.28. The molecular formula is C11H12ClF2N3O2. The first-order chi connectivity index (χ1) is 8.89. The third-order valence-electron chi connectivity index (χ3n) is 2.94. The van der Waals surface area contributed by atoms with E-state index < -0.39 is 11.9 Å². The fourth-order valence-electron chi connectivity index (χ4n) is 2.01. The molecule has 0 bridgehead atoms. The molecule has 1 saturated heterocycles. The van der Waals surface area contributed by atoms with Gasteiger partial charge in [0.2, 0.25) is 5.92 Å². The van der Waals surface area contributed by atoms with Crippen LogP contribution in [0.25, 0.3) is 0 Å². The van der Waals surface area contributed by atoms with Gasteiger partial charge in [0.1, 0.15) is 5.15 Å². The fourth-order valence-corrected chi connectivity index (χ4v) is 2.13. The van der Waals surface area contributed by atoms with E-state index >= 15 is 0 Å². The molecular weight excluding hydrogens is 280 g/mol. The van der Waals surface area contributed by atoms with Gasteiger partial charge in [-0.05, 0) is 6.42 Å². The van der Waals surface area contributed by atoms with Gasteiger partial charge < -0.3 is 10.0 Å². The number of hydrogen-bond acceptors (Lipinski definition) is 4. The monoisotopic (exact) mass is 291 g/mol. The Bertz CT molecular complexity index is 499. The molecule has 1 aromatic rings. The summed E-state index contributed by atoms with van der Waals surface area (Å²) < 4.78 is 26.6. The molecule has 0 unspecified atom stereocenters. The van der Waals surface area contributed by atoms with E-state index in [0.717, 1.165) is 6.20 Å². The molecule has 1 aromatic heterocycles. The van der Waals surface area contributed by atoms with Crippen LogP contribution in [0.2, 0.25) is 5.15 Å². The van der Waals surface area contributed by atoms with E-state index in [9.17, 15) is 13.6 Å². The summed E-state index contributed by atoms with van der Waals surface area (Å²) >= 11 is 5.70. The maximum Gasteiger partial charge on any atom is 0.358 e. The molecule has 8 heteroatoms. The molecule has 0 aromatic carbocycles. The second-order valence-corrected chi connectivity index (χ2v) is 4.75. The Hall–Kier alpha value is -1.50. The van der Waals surface area contributed by atoms with E-state index in [-0.39, 0.29) is 42.5 Å². The lowest BCUT2D eigenvalue weighted by molar-refractivity contribution is -0.0102. The lowest BCUT2D eigenvalue weighted by atomic mass is 10.1. The number of aromatic nitrogens is 2. The quantitative estimate of drug-likeness (QED) is 0.906. The predicted octanol–water partition coefficient (Wildman–Crippen LogP) is 2.45. The average molecular weight is 292 g/mol. The van der Waals surface area contributed by atoms with E-state index in [1.165, 1.54) is 4.90 Å². The molecule has 0 aliphatic carbocycles. The minimum Gasteiger partial charge on any atom is -0.476 e. The molecule has 2 rings (SSSR count). The molecule has 5 nitrogen and oxygen atoms in total. The van der Waals surface area contributed by atoms with Gasteiger partial charge in [-0.3, -0.25) is 0 Å². The van der Waals surface area contributed by atoms with E-state index in [1.54, 1.807) is 0 Å². The van der Waals surface area contributed by atoms with Crippen LogP contribution < -0.4 is 4.90 Å². The van der Waals surface area contributed by atoms with Crippen LogP contribution in [0.3, 0.4) is 0 Å². The van der Waals surface area contributed by atoms with Gasteiger partial charge in [0.15, 0.2) is 11.5 Å². The first-order valence-corrected chi connectivity index (χ1v) is 6.15. The topological polar surface area (TPSA) is 66.3 Å². The van der Waals surface area contributed by atoms with Crippen molar-refractivity contribution >= 4 is 23.4 Å². The number of hydrogen-bond donors (Lipinski definition) is 1. The number of rotatable bonds is 2. The SMILES string of the molecule is O=C(O)c1ncc(Cl)nc1N1CCCC(F)(F)CC1. The molecule has 104 valence electrons.